The van der Waals surface area contributed by atoms with Crippen molar-refractivity contribution >= 4 is 28.9 Å². The third kappa shape index (κ3) is 5.37. The van der Waals surface area contributed by atoms with Crippen molar-refractivity contribution in [3.63, 3.8) is 0 Å². The van der Waals surface area contributed by atoms with E-state index in [-0.39, 0.29) is 12.5 Å². The number of amides is 1. The number of rotatable bonds is 10. The quantitative estimate of drug-likeness (QED) is 0.419. The third-order valence-corrected chi connectivity index (χ3v) is 5.74. The van der Waals surface area contributed by atoms with E-state index in [1.54, 1.807) is 25.4 Å². The normalized spacial score (nSPS) is 15.6. The molecule has 0 bridgehead atoms. The van der Waals surface area contributed by atoms with Gasteiger partial charge in [-0.3, -0.25) is 14.5 Å². The Bertz CT molecular complexity index is 882. The lowest BCUT2D eigenvalue weighted by Crippen LogP contribution is -2.47. The van der Waals surface area contributed by atoms with Gasteiger partial charge in [-0.05, 0) is 31.5 Å². The second-order valence-electron chi connectivity index (χ2n) is 7.16. The topological polar surface area (TPSA) is 78.0 Å². The van der Waals surface area contributed by atoms with E-state index < -0.39 is 12.1 Å². The van der Waals surface area contributed by atoms with Crippen molar-refractivity contribution in [3.8, 4) is 17.0 Å². The third-order valence-electron chi connectivity index (χ3n) is 4.83. The molecule has 2 aromatic rings. The maximum Gasteiger partial charge on any atom is 0.326 e. The minimum atomic E-state index is -0.656. The van der Waals surface area contributed by atoms with Crippen LogP contribution in [0.5, 0.6) is 5.75 Å². The number of methoxy groups -OCH3 is 1. The van der Waals surface area contributed by atoms with E-state index in [2.05, 4.69) is 11.9 Å². The van der Waals surface area contributed by atoms with E-state index >= 15 is 0 Å². The summed E-state index contributed by atoms with van der Waals surface area (Å²) in [7, 11) is 1.67. The predicted octanol–water partition coefficient (Wildman–Crippen LogP) is 3.85. The SMILES string of the molecule is CCCCCOC(=O)CN1C(=O)C(C)Oc2ccc(-c3csc(CCOC)n3)cc21. The molecule has 0 fully saturated rings. The molecule has 1 aliphatic heterocycles. The van der Waals surface area contributed by atoms with Gasteiger partial charge in [-0.15, -0.1) is 11.3 Å². The summed E-state index contributed by atoms with van der Waals surface area (Å²) in [5, 5.41) is 2.96. The van der Waals surface area contributed by atoms with E-state index in [1.807, 2.05) is 23.6 Å². The van der Waals surface area contributed by atoms with Crippen molar-refractivity contribution in [1.82, 2.24) is 4.98 Å². The molecule has 1 aromatic carbocycles. The van der Waals surface area contributed by atoms with E-state index in [1.165, 1.54) is 4.90 Å². The standard InChI is InChI=1S/C22H28N2O5S/c1-4-5-6-10-28-21(25)13-24-18-12-16(7-8-19(18)29-15(2)22(24)26)17-14-30-20(23-17)9-11-27-3/h7-8,12,14-15H,4-6,9-11,13H2,1-3H3. The molecule has 30 heavy (non-hydrogen) atoms. The van der Waals surface area contributed by atoms with Crippen LogP contribution in [-0.2, 0) is 25.5 Å². The number of aromatic nitrogens is 1. The van der Waals surface area contributed by atoms with Crippen molar-refractivity contribution in [3.05, 3.63) is 28.6 Å². The van der Waals surface area contributed by atoms with Gasteiger partial charge in [-0.25, -0.2) is 4.98 Å². The summed E-state index contributed by atoms with van der Waals surface area (Å²) in [6.07, 6.45) is 2.98. The maximum absolute atomic E-state index is 12.7. The van der Waals surface area contributed by atoms with Crippen molar-refractivity contribution < 1.29 is 23.8 Å². The Kier molecular flexibility index (Phi) is 7.81. The largest absolute Gasteiger partial charge is 0.479 e. The fourth-order valence-corrected chi connectivity index (χ4v) is 3.98. The van der Waals surface area contributed by atoms with Crippen LogP contribution in [0, 0.1) is 0 Å². The number of hydrogen-bond acceptors (Lipinski definition) is 7. The Hall–Kier alpha value is -2.45. The Labute approximate surface area is 181 Å². The lowest BCUT2D eigenvalue weighted by molar-refractivity contribution is -0.143. The molecule has 162 valence electrons. The van der Waals surface area contributed by atoms with Crippen LogP contribution < -0.4 is 9.64 Å². The van der Waals surface area contributed by atoms with Crippen LogP contribution in [0.4, 0.5) is 5.69 Å². The lowest BCUT2D eigenvalue weighted by atomic mass is 10.1. The average Bonchev–Trinajstić information content (AvgIpc) is 3.22. The summed E-state index contributed by atoms with van der Waals surface area (Å²) >= 11 is 1.57. The van der Waals surface area contributed by atoms with Gasteiger partial charge in [0.15, 0.2) is 6.10 Å². The van der Waals surface area contributed by atoms with E-state index in [0.717, 1.165) is 41.9 Å². The van der Waals surface area contributed by atoms with Gasteiger partial charge in [0.2, 0.25) is 0 Å². The molecular weight excluding hydrogens is 404 g/mol. The predicted molar refractivity (Wildman–Crippen MR) is 116 cm³/mol. The number of nitrogens with zero attached hydrogens (tertiary/aromatic N) is 2. The highest BCUT2D eigenvalue weighted by Gasteiger charge is 2.33. The first kappa shape index (κ1) is 22.2. The van der Waals surface area contributed by atoms with Gasteiger partial charge in [0, 0.05) is 24.5 Å². The van der Waals surface area contributed by atoms with Crippen molar-refractivity contribution in [2.24, 2.45) is 0 Å². The van der Waals surface area contributed by atoms with Gasteiger partial charge < -0.3 is 14.2 Å². The number of ether oxygens (including phenoxy) is 3. The van der Waals surface area contributed by atoms with Gasteiger partial charge in [0.05, 0.1) is 29.6 Å². The van der Waals surface area contributed by atoms with Crippen LogP contribution in [0.25, 0.3) is 11.3 Å². The van der Waals surface area contributed by atoms with Crippen LogP contribution in [0.15, 0.2) is 23.6 Å². The second-order valence-corrected chi connectivity index (χ2v) is 8.11. The maximum atomic E-state index is 12.7. The van der Waals surface area contributed by atoms with Crippen LogP contribution in [0.2, 0.25) is 0 Å². The Balaban J connectivity index is 1.79. The molecule has 0 aliphatic carbocycles. The second kappa shape index (κ2) is 10.5. The van der Waals surface area contributed by atoms with Crippen LogP contribution in [0.3, 0.4) is 0 Å². The first-order chi connectivity index (χ1) is 14.5. The summed E-state index contributed by atoms with van der Waals surface area (Å²) in [5.74, 6) is -0.107. The Morgan fingerprint density at radius 2 is 2.13 bits per heavy atom. The zero-order valence-electron chi connectivity index (χ0n) is 17.7. The molecule has 8 heteroatoms. The number of anilines is 1. The molecule has 1 atom stereocenters. The monoisotopic (exact) mass is 432 g/mol. The minimum absolute atomic E-state index is 0.134. The molecule has 0 saturated carbocycles. The molecule has 1 aromatic heterocycles. The first-order valence-corrected chi connectivity index (χ1v) is 11.1. The molecule has 0 radical (unpaired) electrons. The molecular formula is C22H28N2O5S. The smallest absolute Gasteiger partial charge is 0.326 e. The number of carbonyl (C=O) groups excluding carboxylic acids is 2. The molecule has 0 spiro atoms. The zero-order chi connectivity index (χ0) is 21.5. The van der Waals surface area contributed by atoms with Gasteiger partial charge in [-0.1, -0.05) is 19.8 Å². The zero-order valence-corrected chi connectivity index (χ0v) is 18.5. The average molecular weight is 433 g/mol. The number of thiazole rings is 1. The van der Waals surface area contributed by atoms with Crippen LogP contribution in [0.1, 0.15) is 38.1 Å². The minimum Gasteiger partial charge on any atom is -0.479 e. The van der Waals surface area contributed by atoms with Gasteiger partial charge in [-0.2, -0.15) is 0 Å². The van der Waals surface area contributed by atoms with Gasteiger partial charge in [0.25, 0.3) is 5.91 Å². The molecule has 3 rings (SSSR count). The van der Waals surface area contributed by atoms with Crippen molar-refractivity contribution in [1.29, 1.82) is 0 Å². The number of fused-ring (bicyclic) bond motifs is 1. The highest BCUT2D eigenvalue weighted by molar-refractivity contribution is 7.09. The fourth-order valence-electron chi connectivity index (χ4n) is 3.19. The van der Waals surface area contributed by atoms with Gasteiger partial charge >= 0.3 is 5.97 Å². The van der Waals surface area contributed by atoms with Crippen molar-refractivity contribution in [2.45, 2.75) is 45.6 Å². The Morgan fingerprint density at radius 1 is 1.30 bits per heavy atom. The molecule has 0 N–H and O–H groups in total. The summed E-state index contributed by atoms with van der Waals surface area (Å²) < 4.78 is 16.2. The van der Waals surface area contributed by atoms with Gasteiger partial charge in [0.1, 0.15) is 12.3 Å². The number of benzene rings is 1. The Morgan fingerprint density at radius 3 is 2.90 bits per heavy atom. The summed E-state index contributed by atoms with van der Waals surface area (Å²) in [4.78, 5) is 31.2. The number of unbranched alkanes of at least 4 members (excludes halogenated alkanes) is 2. The summed E-state index contributed by atoms with van der Waals surface area (Å²) in [6.45, 7) is 4.63. The lowest BCUT2D eigenvalue weighted by Gasteiger charge is -2.32. The van der Waals surface area contributed by atoms with Crippen LogP contribution in [-0.4, -0.2) is 49.8 Å². The molecule has 7 nitrogen and oxygen atoms in total. The highest BCUT2D eigenvalue weighted by Crippen LogP contribution is 2.37. The molecule has 0 saturated heterocycles. The van der Waals surface area contributed by atoms with E-state index in [0.29, 0.717) is 24.7 Å². The van der Waals surface area contributed by atoms with Crippen molar-refractivity contribution in [2.75, 3.05) is 31.8 Å². The number of hydrogen-bond donors (Lipinski definition) is 0. The number of carbonyl (C=O) groups is 2. The van der Waals surface area contributed by atoms with E-state index in [9.17, 15) is 9.59 Å². The fraction of sp³-hybridized carbons (Fsp3) is 0.500. The van der Waals surface area contributed by atoms with E-state index in [4.69, 9.17) is 14.2 Å². The van der Waals surface area contributed by atoms with Crippen LogP contribution >= 0.6 is 11.3 Å². The highest BCUT2D eigenvalue weighted by atomic mass is 32.1. The number of esters is 1. The summed E-state index contributed by atoms with van der Waals surface area (Å²) in [6, 6.07) is 5.58. The molecule has 1 aliphatic rings. The molecule has 2 heterocycles. The molecule has 1 amide bonds. The summed E-state index contributed by atoms with van der Waals surface area (Å²) in [5.41, 5.74) is 2.25. The first-order valence-electron chi connectivity index (χ1n) is 10.2. The molecule has 1 unspecified atom stereocenters.